The molecule has 1 spiro atoms. The van der Waals surface area contributed by atoms with E-state index in [9.17, 15) is 19.5 Å². The highest BCUT2D eigenvalue weighted by molar-refractivity contribution is 6.91. The molecule has 0 aromatic heterocycles. The second-order valence-corrected chi connectivity index (χ2v) is 21.2. The summed E-state index contributed by atoms with van der Waals surface area (Å²) in [6.45, 7) is 8.83. The molecule has 4 fully saturated rings. The Kier molecular flexibility index (Phi) is 9.88. The molecule has 5 aliphatic heterocycles. The summed E-state index contributed by atoms with van der Waals surface area (Å²) in [6, 6.07) is 21.7. The van der Waals surface area contributed by atoms with Gasteiger partial charge in [0.15, 0.2) is 5.60 Å². The second-order valence-electron chi connectivity index (χ2n) is 16.5. The first kappa shape index (κ1) is 37.4. The molecule has 5 aliphatic rings. The lowest BCUT2D eigenvalue weighted by Gasteiger charge is -2.37. The molecule has 4 amide bonds. The number of carbonyl (C=O) groups is 4. The van der Waals surface area contributed by atoms with Gasteiger partial charge in [0.1, 0.15) is 5.75 Å². The highest BCUT2D eigenvalue weighted by Crippen LogP contribution is 2.60. The summed E-state index contributed by atoms with van der Waals surface area (Å²) < 4.78 is 12.8. The summed E-state index contributed by atoms with van der Waals surface area (Å²) in [5.41, 5.74) is 2.44. The molecule has 0 saturated carbocycles. The Morgan fingerprint density at radius 3 is 2.16 bits per heavy atom. The van der Waals surface area contributed by atoms with Gasteiger partial charge in [0.2, 0.25) is 17.7 Å². The van der Waals surface area contributed by atoms with Crippen LogP contribution in [0.15, 0.2) is 66.7 Å². The van der Waals surface area contributed by atoms with Crippen LogP contribution in [0.1, 0.15) is 63.0 Å². The zero-order chi connectivity index (χ0) is 38.6. The number of nitrogens with zero attached hydrogens (tertiary/aromatic N) is 4. The highest BCUT2D eigenvalue weighted by Gasteiger charge is 2.66. The van der Waals surface area contributed by atoms with E-state index < -0.39 is 19.8 Å². The molecule has 11 nitrogen and oxygen atoms in total. The maximum Gasteiger partial charge on any atom is 0.264 e. The van der Waals surface area contributed by atoms with Gasteiger partial charge >= 0.3 is 0 Å². The summed E-state index contributed by atoms with van der Waals surface area (Å²) >= 11 is 0. The number of carbonyl (C=O) groups excluding carboxylic acids is 4. The topological polar surface area (TPSA) is 120 Å². The van der Waals surface area contributed by atoms with Crippen LogP contribution in [0.3, 0.4) is 0 Å². The van der Waals surface area contributed by atoms with Crippen LogP contribution in [-0.2, 0) is 36.1 Å². The minimum Gasteiger partial charge on any atom is -0.497 e. The van der Waals surface area contributed by atoms with Gasteiger partial charge in [-0.15, -0.1) is 0 Å². The lowest BCUT2D eigenvalue weighted by Crippen LogP contribution is -2.52. The molecule has 1 N–H and O–H groups in total. The van der Waals surface area contributed by atoms with E-state index in [-0.39, 0.29) is 54.2 Å². The zero-order valence-corrected chi connectivity index (χ0v) is 33.3. The molecule has 0 aliphatic carbocycles. The molecular weight excluding hydrogens is 713 g/mol. The number of fused-ring (bicyclic) bond motifs is 2. The van der Waals surface area contributed by atoms with Gasteiger partial charge < -0.3 is 34.2 Å². The van der Waals surface area contributed by atoms with Crippen LogP contribution in [0.5, 0.6) is 5.75 Å². The van der Waals surface area contributed by atoms with Crippen LogP contribution >= 0.6 is 0 Å². The second kappa shape index (κ2) is 14.5. The smallest absolute Gasteiger partial charge is 0.264 e. The number of rotatable bonds is 10. The van der Waals surface area contributed by atoms with Gasteiger partial charge in [-0.05, 0) is 79.3 Å². The Morgan fingerprint density at radius 1 is 0.891 bits per heavy atom. The molecule has 0 unspecified atom stereocenters. The van der Waals surface area contributed by atoms with E-state index in [4.69, 9.17) is 9.47 Å². The largest absolute Gasteiger partial charge is 0.497 e. The summed E-state index contributed by atoms with van der Waals surface area (Å²) in [6.07, 6.45) is 3.79. The van der Waals surface area contributed by atoms with Gasteiger partial charge in [-0.3, -0.25) is 19.2 Å². The molecule has 5 atom stereocenters. The lowest BCUT2D eigenvalue weighted by atomic mass is 9.82. The van der Waals surface area contributed by atoms with Gasteiger partial charge in [0.25, 0.3) is 5.91 Å². The molecule has 0 bridgehead atoms. The van der Waals surface area contributed by atoms with Crippen LogP contribution < -0.4 is 24.6 Å². The van der Waals surface area contributed by atoms with E-state index in [1.165, 1.54) is 5.19 Å². The number of hydrogen-bond donors (Lipinski definition) is 1. The van der Waals surface area contributed by atoms with Gasteiger partial charge in [-0.1, -0.05) is 49.5 Å². The fraction of sp³-hybridized carbons (Fsp3) is 0.488. The van der Waals surface area contributed by atoms with Gasteiger partial charge in [-0.2, -0.15) is 0 Å². The Balaban J connectivity index is 1.21. The monoisotopic (exact) mass is 764 g/mol. The van der Waals surface area contributed by atoms with Gasteiger partial charge in [0.05, 0.1) is 52.6 Å². The van der Waals surface area contributed by atoms with Crippen LogP contribution in [0.4, 0.5) is 17.1 Å². The van der Waals surface area contributed by atoms with Crippen molar-refractivity contribution >= 4 is 54.0 Å². The fourth-order valence-electron chi connectivity index (χ4n) is 10.3. The predicted octanol–water partition coefficient (Wildman–Crippen LogP) is 5.09. The van der Waals surface area contributed by atoms with Crippen molar-refractivity contribution in [3.63, 3.8) is 0 Å². The quantitative estimate of drug-likeness (QED) is 0.286. The van der Waals surface area contributed by atoms with Gasteiger partial charge in [-0.25, -0.2) is 0 Å². The Labute approximate surface area is 324 Å². The summed E-state index contributed by atoms with van der Waals surface area (Å²) in [5.74, 6) is 0.379. The molecule has 4 saturated heterocycles. The van der Waals surface area contributed by atoms with E-state index in [1.54, 1.807) is 16.9 Å². The van der Waals surface area contributed by atoms with Crippen molar-refractivity contribution in [3.8, 4) is 5.75 Å². The van der Waals surface area contributed by atoms with Crippen LogP contribution in [0, 0.1) is 5.92 Å². The van der Waals surface area contributed by atoms with Crippen LogP contribution in [-0.4, -0.2) is 87.2 Å². The molecule has 0 radical (unpaired) electrons. The molecule has 55 heavy (non-hydrogen) atoms. The van der Waals surface area contributed by atoms with Crippen molar-refractivity contribution in [2.24, 2.45) is 5.92 Å². The Bertz CT molecular complexity index is 1990. The normalized spacial score (nSPS) is 26.6. The van der Waals surface area contributed by atoms with Crippen molar-refractivity contribution in [2.75, 3.05) is 48.1 Å². The molecule has 8 rings (SSSR count). The molecule has 3 aromatic carbocycles. The number of aliphatic hydroxyl groups is 1. The molecular formula is C43H52N4O7Si. The summed E-state index contributed by atoms with van der Waals surface area (Å²) in [7, 11) is -0.875. The van der Waals surface area contributed by atoms with E-state index in [2.05, 4.69) is 32.2 Å². The summed E-state index contributed by atoms with van der Waals surface area (Å²) in [4.78, 5) is 62.3. The standard InChI is InChI=1S/C43H52N4O7Si/c1-28-41(55(3,4)34-18-16-33(53-2)17-19-34)37(25-40(51)46-21-5-8-32(46)27-48)54-43(28)35-24-31(45-23-7-10-39(45)50)15-20-36(35)47(42(43)52)26-29-11-13-30(14-12-29)44-22-6-9-38(44)49/h11-20,24,28,32,37,41,48H,5-10,21-23,25-27H2,1-4H3/t28-,32+,37+,41-,43+/m1/s1. The first-order chi connectivity index (χ1) is 26.5. The third-order valence-electron chi connectivity index (χ3n) is 13.2. The number of methoxy groups -OCH3 is 1. The Morgan fingerprint density at radius 2 is 1.55 bits per heavy atom. The van der Waals surface area contributed by atoms with Crippen molar-refractivity contribution in [2.45, 2.75) is 94.8 Å². The maximum atomic E-state index is 15.4. The number of ether oxygens (including phenoxy) is 2. The number of benzene rings is 3. The fourth-order valence-corrected chi connectivity index (χ4v) is 14.3. The third kappa shape index (κ3) is 6.26. The average molecular weight is 765 g/mol. The SMILES string of the molecule is COc1ccc([Si](C)(C)[C@H]2[C@H](CC(=O)N3CCC[C@H]3CO)O[C@@]3(C(=O)N(Cc4ccc(N5CCCC5=O)cc4)c4ccc(N5CCCC5=O)cc43)[C@@H]2C)cc1. The number of anilines is 3. The van der Waals surface area contributed by atoms with Crippen molar-refractivity contribution < 1.29 is 33.8 Å². The minimum atomic E-state index is -2.52. The number of hydrogen-bond acceptors (Lipinski definition) is 7. The molecule has 290 valence electrons. The van der Waals surface area contributed by atoms with Crippen molar-refractivity contribution in [1.82, 2.24) is 4.90 Å². The maximum absolute atomic E-state index is 15.4. The van der Waals surface area contributed by atoms with Crippen LogP contribution in [0.25, 0.3) is 0 Å². The van der Waals surface area contributed by atoms with Crippen molar-refractivity contribution in [3.05, 3.63) is 77.9 Å². The molecule has 3 aromatic rings. The number of likely N-dealkylation sites (tertiary alicyclic amines) is 1. The number of aliphatic hydroxyl groups excluding tert-OH is 1. The van der Waals surface area contributed by atoms with Gasteiger partial charge in [0, 0.05) is 55.3 Å². The predicted molar refractivity (Wildman–Crippen MR) is 213 cm³/mol. The van der Waals surface area contributed by atoms with E-state index in [0.717, 1.165) is 59.6 Å². The summed E-state index contributed by atoms with van der Waals surface area (Å²) in [5, 5.41) is 11.3. The third-order valence-corrected chi connectivity index (χ3v) is 17.5. The average Bonchev–Trinajstić information content (AvgIpc) is 4.02. The van der Waals surface area contributed by atoms with E-state index in [1.807, 2.05) is 64.4 Å². The minimum absolute atomic E-state index is 0.0607. The first-order valence-corrected chi connectivity index (χ1v) is 22.9. The van der Waals surface area contributed by atoms with E-state index >= 15 is 4.79 Å². The first-order valence-electron chi connectivity index (χ1n) is 19.9. The van der Waals surface area contributed by atoms with Crippen LogP contribution in [0.2, 0.25) is 18.6 Å². The lowest BCUT2D eigenvalue weighted by molar-refractivity contribution is -0.150. The van der Waals surface area contributed by atoms with Crippen molar-refractivity contribution in [1.29, 1.82) is 0 Å². The highest BCUT2D eigenvalue weighted by atomic mass is 28.3. The Hall–Kier alpha value is -4.52. The molecule has 12 heteroatoms. The molecule has 5 heterocycles. The number of amides is 4. The van der Waals surface area contributed by atoms with E-state index in [0.29, 0.717) is 39.0 Å². The zero-order valence-electron chi connectivity index (χ0n) is 32.3.